The number of rotatable bonds is 6. The zero-order chi connectivity index (χ0) is 15.9. The molecule has 0 aromatic heterocycles. The van der Waals surface area contributed by atoms with Crippen LogP contribution in [0.2, 0.25) is 0 Å². The summed E-state index contributed by atoms with van der Waals surface area (Å²) in [5.74, 6) is -0.0860. The minimum absolute atomic E-state index is 0.000873. The molecule has 22 heavy (non-hydrogen) atoms. The number of nitrogens with zero attached hydrogens (tertiary/aromatic N) is 1. The van der Waals surface area contributed by atoms with Gasteiger partial charge in [-0.3, -0.25) is 9.59 Å². The summed E-state index contributed by atoms with van der Waals surface area (Å²) in [6, 6.07) is 9.21. The summed E-state index contributed by atoms with van der Waals surface area (Å²) in [4.78, 5) is 26.4. The normalized spacial score (nSPS) is 19.0. The van der Waals surface area contributed by atoms with Crippen molar-refractivity contribution >= 4 is 11.8 Å². The van der Waals surface area contributed by atoms with Crippen molar-refractivity contribution < 1.29 is 14.7 Å². The third kappa shape index (κ3) is 4.31. The second kappa shape index (κ2) is 7.94. The summed E-state index contributed by atoms with van der Waals surface area (Å²) in [7, 11) is 0. The largest absolute Gasteiger partial charge is 0.396 e. The highest BCUT2D eigenvalue weighted by molar-refractivity contribution is 5.89. The standard InChI is InChI=1S/C17H24N2O3/c1-13(12-20)11-18-17(22)15-8-5-9-19(15)16(21)10-14-6-3-2-4-7-14/h2-4,6-7,13,15,20H,5,8-12H2,1H3,(H,18,22). The Bertz CT molecular complexity index is 504. The fourth-order valence-corrected chi connectivity index (χ4v) is 2.67. The summed E-state index contributed by atoms with van der Waals surface area (Å²) in [5.41, 5.74) is 0.965. The van der Waals surface area contributed by atoms with Gasteiger partial charge in [-0.15, -0.1) is 0 Å². The molecule has 0 bridgehead atoms. The van der Waals surface area contributed by atoms with E-state index in [2.05, 4.69) is 5.32 Å². The molecule has 2 unspecified atom stereocenters. The maximum absolute atomic E-state index is 12.4. The highest BCUT2D eigenvalue weighted by Gasteiger charge is 2.33. The first-order valence-corrected chi connectivity index (χ1v) is 7.83. The number of aliphatic hydroxyl groups excluding tert-OH is 1. The molecule has 1 fully saturated rings. The number of nitrogens with one attached hydrogen (secondary N) is 1. The molecule has 0 saturated carbocycles. The first-order chi connectivity index (χ1) is 10.6. The van der Waals surface area contributed by atoms with Crippen LogP contribution in [0.25, 0.3) is 0 Å². The molecule has 1 aliphatic heterocycles. The number of aliphatic hydroxyl groups is 1. The van der Waals surface area contributed by atoms with E-state index < -0.39 is 0 Å². The Morgan fingerprint density at radius 2 is 2.09 bits per heavy atom. The van der Waals surface area contributed by atoms with Gasteiger partial charge in [0.25, 0.3) is 0 Å². The van der Waals surface area contributed by atoms with E-state index in [-0.39, 0.29) is 30.4 Å². The fourth-order valence-electron chi connectivity index (χ4n) is 2.67. The van der Waals surface area contributed by atoms with E-state index in [1.807, 2.05) is 37.3 Å². The Labute approximate surface area is 131 Å². The van der Waals surface area contributed by atoms with Crippen LogP contribution in [0.15, 0.2) is 30.3 Å². The number of hydrogen-bond donors (Lipinski definition) is 2. The summed E-state index contributed by atoms with van der Waals surface area (Å²) >= 11 is 0. The second-order valence-corrected chi connectivity index (χ2v) is 5.94. The minimum atomic E-state index is -0.373. The third-order valence-electron chi connectivity index (χ3n) is 4.01. The maximum Gasteiger partial charge on any atom is 0.242 e. The monoisotopic (exact) mass is 304 g/mol. The van der Waals surface area contributed by atoms with Crippen molar-refractivity contribution in [2.24, 2.45) is 5.92 Å². The smallest absolute Gasteiger partial charge is 0.242 e. The number of carbonyl (C=O) groups is 2. The van der Waals surface area contributed by atoms with E-state index in [4.69, 9.17) is 5.11 Å². The molecule has 1 heterocycles. The molecule has 2 N–H and O–H groups in total. The summed E-state index contributed by atoms with van der Waals surface area (Å²) < 4.78 is 0. The average Bonchev–Trinajstić information content (AvgIpc) is 3.03. The number of benzene rings is 1. The molecule has 5 nitrogen and oxygen atoms in total. The van der Waals surface area contributed by atoms with Crippen LogP contribution in [0.1, 0.15) is 25.3 Å². The fraction of sp³-hybridized carbons (Fsp3) is 0.529. The van der Waals surface area contributed by atoms with Gasteiger partial charge >= 0.3 is 0 Å². The maximum atomic E-state index is 12.4. The Morgan fingerprint density at radius 1 is 1.36 bits per heavy atom. The van der Waals surface area contributed by atoms with E-state index in [0.29, 0.717) is 25.9 Å². The highest BCUT2D eigenvalue weighted by atomic mass is 16.3. The number of carbonyl (C=O) groups excluding carboxylic acids is 2. The third-order valence-corrected chi connectivity index (χ3v) is 4.01. The van der Waals surface area contributed by atoms with Gasteiger partial charge in [-0.1, -0.05) is 37.3 Å². The lowest BCUT2D eigenvalue weighted by molar-refractivity contribution is -0.138. The van der Waals surface area contributed by atoms with E-state index in [0.717, 1.165) is 12.0 Å². The molecule has 0 aliphatic carbocycles. The molecule has 2 amide bonds. The second-order valence-electron chi connectivity index (χ2n) is 5.94. The van der Waals surface area contributed by atoms with Crippen LogP contribution in [-0.4, -0.2) is 47.6 Å². The predicted molar refractivity (Wildman–Crippen MR) is 84.1 cm³/mol. The number of hydrogen-bond acceptors (Lipinski definition) is 3. The molecule has 1 aromatic rings. The molecule has 0 spiro atoms. The molecule has 1 aliphatic rings. The van der Waals surface area contributed by atoms with E-state index in [1.54, 1.807) is 4.90 Å². The zero-order valence-corrected chi connectivity index (χ0v) is 13.0. The van der Waals surface area contributed by atoms with E-state index in [9.17, 15) is 9.59 Å². The van der Waals surface area contributed by atoms with Gasteiger partial charge in [0.2, 0.25) is 11.8 Å². The Hall–Kier alpha value is -1.88. The van der Waals surface area contributed by atoms with Gasteiger partial charge in [0.05, 0.1) is 6.42 Å². The van der Waals surface area contributed by atoms with E-state index in [1.165, 1.54) is 0 Å². The molecule has 120 valence electrons. The van der Waals surface area contributed by atoms with Crippen molar-refractivity contribution in [3.8, 4) is 0 Å². The number of likely N-dealkylation sites (tertiary alicyclic amines) is 1. The minimum Gasteiger partial charge on any atom is -0.396 e. The van der Waals surface area contributed by atoms with Crippen molar-refractivity contribution in [3.05, 3.63) is 35.9 Å². The zero-order valence-electron chi connectivity index (χ0n) is 13.0. The topological polar surface area (TPSA) is 69.6 Å². The molecular formula is C17H24N2O3. The van der Waals surface area contributed by atoms with Crippen molar-refractivity contribution in [2.75, 3.05) is 19.7 Å². The Kier molecular flexibility index (Phi) is 5.95. The summed E-state index contributed by atoms with van der Waals surface area (Å²) in [6.45, 7) is 2.99. The Balaban J connectivity index is 1.92. The van der Waals surface area contributed by atoms with Gasteiger partial charge in [0, 0.05) is 19.7 Å². The summed E-state index contributed by atoms with van der Waals surface area (Å²) in [5, 5.41) is 11.8. The quantitative estimate of drug-likeness (QED) is 0.822. The van der Waals surface area contributed by atoms with Gasteiger partial charge in [-0.05, 0) is 24.3 Å². The van der Waals surface area contributed by atoms with Gasteiger partial charge in [0.15, 0.2) is 0 Å². The predicted octanol–water partition coefficient (Wildman–Crippen LogP) is 0.965. The highest BCUT2D eigenvalue weighted by Crippen LogP contribution is 2.19. The van der Waals surface area contributed by atoms with Gasteiger partial charge < -0.3 is 15.3 Å². The summed E-state index contributed by atoms with van der Waals surface area (Å²) in [6.07, 6.45) is 1.89. The lowest BCUT2D eigenvalue weighted by atomic mass is 10.1. The van der Waals surface area contributed by atoms with Crippen LogP contribution in [0.3, 0.4) is 0 Å². The molecule has 2 rings (SSSR count). The van der Waals surface area contributed by atoms with Crippen LogP contribution in [-0.2, 0) is 16.0 Å². The van der Waals surface area contributed by atoms with Crippen molar-refractivity contribution in [2.45, 2.75) is 32.2 Å². The van der Waals surface area contributed by atoms with Gasteiger partial charge in [-0.2, -0.15) is 0 Å². The van der Waals surface area contributed by atoms with Crippen LogP contribution >= 0.6 is 0 Å². The van der Waals surface area contributed by atoms with Crippen molar-refractivity contribution in [1.29, 1.82) is 0 Å². The first kappa shape index (κ1) is 16.5. The van der Waals surface area contributed by atoms with Crippen molar-refractivity contribution in [1.82, 2.24) is 10.2 Å². The lowest BCUT2D eigenvalue weighted by Gasteiger charge is -2.24. The van der Waals surface area contributed by atoms with Gasteiger partial charge in [-0.25, -0.2) is 0 Å². The molecule has 0 radical (unpaired) electrons. The molecular weight excluding hydrogens is 280 g/mol. The average molecular weight is 304 g/mol. The van der Waals surface area contributed by atoms with Crippen LogP contribution in [0.5, 0.6) is 0 Å². The first-order valence-electron chi connectivity index (χ1n) is 7.83. The molecule has 1 aromatic carbocycles. The van der Waals surface area contributed by atoms with Crippen LogP contribution in [0.4, 0.5) is 0 Å². The van der Waals surface area contributed by atoms with Gasteiger partial charge in [0.1, 0.15) is 6.04 Å². The molecule has 2 atom stereocenters. The van der Waals surface area contributed by atoms with Crippen molar-refractivity contribution in [3.63, 3.8) is 0 Å². The Morgan fingerprint density at radius 3 is 2.77 bits per heavy atom. The van der Waals surface area contributed by atoms with Crippen LogP contribution < -0.4 is 5.32 Å². The van der Waals surface area contributed by atoms with E-state index >= 15 is 0 Å². The SMILES string of the molecule is CC(CO)CNC(=O)C1CCCN1C(=O)Cc1ccccc1. The number of amides is 2. The molecule has 5 heteroatoms. The molecule has 1 saturated heterocycles. The van der Waals surface area contributed by atoms with Crippen LogP contribution in [0, 0.1) is 5.92 Å². The lowest BCUT2D eigenvalue weighted by Crippen LogP contribution is -2.47.